The molecule has 0 unspecified atom stereocenters. The molecule has 0 aliphatic rings. The van der Waals surface area contributed by atoms with Crippen LogP contribution in [0.4, 0.5) is 5.69 Å². The fraction of sp³-hybridized carbons (Fsp3) is 0. The lowest BCUT2D eigenvalue weighted by atomic mass is 10.0. The summed E-state index contributed by atoms with van der Waals surface area (Å²) in [5.41, 5.74) is 9.60. The molecule has 0 heterocycles. The Hall–Kier alpha value is -2.29. The molecule has 88 valence electrons. The summed E-state index contributed by atoms with van der Waals surface area (Å²) in [6.07, 6.45) is 0. The maximum Gasteiger partial charge on any atom is 0.193 e. The second-order valence-corrected chi connectivity index (χ2v) is 3.98. The molecule has 0 aliphatic heterocycles. The van der Waals surface area contributed by atoms with Gasteiger partial charge in [-0.15, -0.1) is 0 Å². The molecular weight excluding hydrogens is 250 g/mol. The Labute approximate surface area is 108 Å². The molecule has 0 aliphatic carbocycles. The Morgan fingerprint density at radius 1 is 1.17 bits per heavy atom. The summed E-state index contributed by atoms with van der Waals surface area (Å²) in [7, 11) is 0. The highest BCUT2D eigenvalue weighted by Crippen LogP contribution is 2.26. The highest BCUT2D eigenvalue weighted by atomic mass is 35.5. The molecular formula is C13H8ClN3O. The van der Waals surface area contributed by atoms with Crippen molar-refractivity contribution in [2.24, 2.45) is 5.11 Å². The predicted molar refractivity (Wildman–Crippen MR) is 70.1 cm³/mol. The molecule has 0 saturated carbocycles. The minimum absolute atomic E-state index is 0.199. The number of halogens is 1. The van der Waals surface area contributed by atoms with Crippen molar-refractivity contribution in [3.63, 3.8) is 0 Å². The molecule has 0 bridgehead atoms. The molecule has 2 aromatic rings. The minimum Gasteiger partial charge on any atom is -0.289 e. The van der Waals surface area contributed by atoms with Crippen LogP contribution in [0.15, 0.2) is 53.6 Å². The van der Waals surface area contributed by atoms with Gasteiger partial charge in [-0.2, -0.15) is 0 Å². The lowest BCUT2D eigenvalue weighted by Crippen LogP contribution is -2.01. The van der Waals surface area contributed by atoms with Crippen molar-refractivity contribution in [1.82, 2.24) is 0 Å². The van der Waals surface area contributed by atoms with Crippen LogP contribution >= 0.6 is 11.6 Å². The van der Waals surface area contributed by atoms with Gasteiger partial charge < -0.3 is 0 Å². The lowest BCUT2D eigenvalue weighted by molar-refractivity contribution is 0.103. The first kappa shape index (κ1) is 12.2. The number of carbonyl (C=O) groups excluding carboxylic acids is 1. The molecule has 18 heavy (non-hydrogen) atoms. The van der Waals surface area contributed by atoms with Crippen molar-refractivity contribution >= 4 is 23.1 Å². The van der Waals surface area contributed by atoms with E-state index in [-0.39, 0.29) is 11.5 Å². The van der Waals surface area contributed by atoms with Gasteiger partial charge in [-0.1, -0.05) is 47.0 Å². The summed E-state index contributed by atoms with van der Waals surface area (Å²) < 4.78 is 0. The van der Waals surface area contributed by atoms with Gasteiger partial charge in [-0.05, 0) is 23.7 Å². The number of nitrogens with zero attached hydrogens (tertiary/aromatic N) is 3. The van der Waals surface area contributed by atoms with Crippen LogP contribution in [0.2, 0.25) is 5.02 Å². The van der Waals surface area contributed by atoms with Gasteiger partial charge in [0.2, 0.25) is 0 Å². The molecule has 2 rings (SSSR count). The number of azide groups is 1. The van der Waals surface area contributed by atoms with Crippen LogP contribution in [0.5, 0.6) is 0 Å². The SMILES string of the molecule is [N-]=[N+]=Nc1cc(Cl)ccc1C(=O)c1ccccc1. The van der Waals surface area contributed by atoms with Crippen LogP contribution in [0.3, 0.4) is 0 Å². The quantitative estimate of drug-likeness (QED) is 0.345. The van der Waals surface area contributed by atoms with Crippen LogP contribution in [0.25, 0.3) is 10.4 Å². The van der Waals surface area contributed by atoms with Gasteiger partial charge in [0, 0.05) is 21.1 Å². The first-order chi connectivity index (χ1) is 8.72. The number of hydrogen-bond acceptors (Lipinski definition) is 2. The van der Waals surface area contributed by atoms with Gasteiger partial charge in [0.1, 0.15) is 0 Å². The van der Waals surface area contributed by atoms with Crippen molar-refractivity contribution in [3.05, 3.63) is 75.1 Å². The average Bonchev–Trinajstić information content (AvgIpc) is 2.40. The summed E-state index contributed by atoms with van der Waals surface area (Å²) in [6, 6.07) is 13.4. The largest absolute Gasteiger partial charge is 0.289 e. The molecule has 0 aromatic heterocycles. The first-order valence-electron chi connectivity index (χ1n) is 5.17. The van der Waals surface area contributed by atoms with E-state index in [0.29, 0.717) is 16.1 Å². The molecule has 0 N–H and O–H groups in total. The van der Waals surface area contributed by atoms with E-state index in [4.69, 9.17) is 17.1 Å². The lowest BCUT2D eigenvalue weighted by Gasteiger charge is -2.04. The fourth-order valence-corrected chi connectivity index (χ4v) is 1.74. The zero-order valence-corrected chi connectivity index (χ0v) is 10.0. The van der Waals surface area contributed by atoms with E-state index in [1.54, 1.807) is 36.4 Å². The monoisotopic (exact) mass is 257 g/mol. The van der Waals surface area contributed by atoms with Gasteiger partial charge >= 0.3 is 0 Å². The summed E-state index contributed by atoms with van der Waals surface area (Å²) in [4.78, 5) is 14.9. The smallest absolute Gasteiger partial charge is 0.193 e. The van der Waals surface area contributed by atoms with Crippen LogP contribution < -0.4 is 0 Å². The molecule has 0 amide bonds. The zero-order valence-electron chi connectivity index (χ0n) is 9.25. The van der Waals surface area contributed by atoms with E-state index >= 15 is 0 Å². The van der Waals surface area contributed by atoms with Crippen molar-refractivity contribution < 1.29 is 4.79 Å². The van der Waals surface area contributed by atoms with Gasteiger partial charge in [0.25, 0.3) is 0 Å². The van der Waals surface area contributed by atoms with E-state index < -0.39 is 0 Å². The number of carbonyl (C=O) groups is 1. The van der Waals surface area contributed by atoms with Gasteiger partial charge in [0.15, 0.2) is 5.78 Å². The molecule has 0 spiro atoms. The summed E-state index contributed by atoms with van der Waals surface area (Å²) in [5, 5.41) is 3.91. The third kappa shape index (κ3) is 2.51. The van der Waals surface area contributed by atoms with Gasteiger partial charge in [-0.25, -0.2) is 0 Å². The molecule has 0 fully saturated rings. The topological polar surface area (TPSA) is 65.8 Å². The molecule has 0 saturated heterocycles. The second kappa shape index (κ2) is 5.36. The van der Waals surface area contributed by atoms with Crippen molar-refractivity contribution in [2.45, 2.75) is 0 Å². The summed E-state index contributed by atoms with van der Waals surface area (Å²) in [6.45, 7) is 0. The van der Waals surface area contributed by atoms with E-state index in [1.165, 1.54) is 6.07 Å². The normalized spacial score (nSPS) is 9.61. The van der Waals surface area contributed by atoms with Crippen LogP contribution in [-0.4, -0.2) is 5.78 Å². The minimum atomic E-state index is -0.199. The average molecular weight is 258 g/mol. The highest BCUT2D eigenvalue weighted by Gasteiger charge is 2.12. The number of benzene rings is 2. The van der Waals surface area contributed by atoms with Crippen LogP contribution in [0.1, 0.15) is 15.9 Å². The zero-order chi connectivity index (χ0) is 13.0. The number of hydrogen-bond donors (Lipinski definition) is 0. The third-order valence-corrected chi connectivity index (χ3v) is 2.63. The summed E-state index contributed by atoms with van der Waals surface area (Å²) >= 11 is 5.81. The van der Waals surface area contributed by atoms with E-state index in [1.807, 2.05) is 6.07 Å². The Balaban J connectivity index is 2.51. The standard InChI is InChI=1S/C13H8ClN3O/c14-10-6-7-11(12(8-10)16-17-15)13(18)9-4-2-1-3-5-9/h1-8H. The Morgan fingerprint density at radius 3 is 2.56 bits per heavy atom. The third-order valence-electron chi connectivity index (χ3n) is 2.39. The molecule has 4 nitrogen and oxygen atoms in total. The van der Waals surface area contributed by atoms with E-state index in [2.05, 4.69) is 10.0 Å². The maximum absolute atomic E-state index is 12.2. The molecule has 0 radical (unpaired) electrons. The van der Waals surface area contributed by atoms with E-state index in [9.17, 15) is 4.79 Å². The molecule has 5 heteroatoms. The fourth-order valence-electron chi connectivity index (χ4n) is 1.57. The Kier molecular flexibility index (Phi) is 3.63. The van der Waals surface area contributed by atoms with Crippen molar-refractivity contribution in [3.8, 4) is 0 Å². The van der Waals surface area contributed by atoms with Crippen molar-refractivity contribution in [1.29, 1.82) is 0 Å². The van der Waals surface area contributed by atoms with Gasteiger partial charge in [-0.3, -0.25) is 4.79 Å². The molecule has 0 atom stereocenters. The Morgan fingerprint density at radius 2 is 1.89 bits per heavy atom. The van der Waals surface area contributed by atoms with Crippen molar-refractivity contribution in [2.75, 3.05) is 0 Å². The second-order valence-electron chi connectivity index (χ2n) is 3.55. The van der Waals surface area contributed by atoms with Crippen LogP contribution in [-0.2, 0) is 0 Å². The first-order valence-corrected chi connectivity index (χ1v) is 5.54. The van der Waals surface area contributed by atoms with E-state index in [0.717, 1.165) is 0 Å². The number of rotatable bonds is 3. The van der Waals surface area contributed by atoms with Crippen LogP contribution in [0, 0.1) is 0 Å². The number of ketones is 1. The highest BCUT2D eigenvalue weighted by molar-refractivity contribution is 6.31. The predicted octanol–water partition coefficient (Wildman–Crippen LogP) is 4.51. The summed E-state index contributed by atoms with van der Waals surface area (Å²) in [5.74, 6) is -0.199. The van der Waals surface area contributed by atoms with Gasteiger partial charge in [0.05, 0.1) is 5.69 Å². The maximum atomic E-state index is 12.2. The Bertz CT molecular complexity index is 634. The molecule has 2 aromatic carbocycles.